The predicted octanol–water partition coefficient (Wildman–Crippen LogP) is 5.75. The number of nitro groups is 1. The third-order valence-electron chi connectivity index (χ3n) is 4.88. The Hall–Kier alpha value is -4.06. The first-order valence-electron chi connectivity index (χ1n) is 10.1. The first-order valence-corrected chi connectivity index (χ1v) is 11.7. The minimum absolute atomic E-state index is 0.0867. The van der Waals surface area contributed by atoms with E-state index in [0.717, 1.165) is 11.3 Å². The molecule has 0 N–H and O–H groups in total. The van der Waals surface area contributed by atoms with Crippen LogP contribution >= 0.6 is 27.3 Å². The number of esters is 1. The lowest BCUT2D eigenvalue weighted by Gasteiger charge is -2.01. The van der Waals surface area contributed by atoms with Crippen molar-refractivity contribution in [1.82, 2.24) is 0 Å². The number of allylic oxidation sites excluding steroid dienone is 1. The Labute approximate surface area is 212 Å². The molecule has 0 aliphatic carbocycles. The van der Waals surface area contributed by atoms with Gasteiger partial charge in [0, 0.05) is 39.5 Å². The number of nitro benzene ring substituents is 1. The van der Waals surface area contributed by atoms with Crippen molar-refractivity contribution in [2.45, 2.75) is 20.3 Å². The number of nitriles is 2. The second-order valence-electron chi connectivity index (χ2n) is 7.08. The Bertz CT molecular complexity index is 1450. The summed E-state index contributed by atoms with van der Waals surface area (Å²) in [7, 11) is 0. The number of hydrogen-bond donors (Lipinski definition) is 0. The van der Waals surface area contributed by atoms with Gasteiger partial charge in [0.1, 0.15) is 28.5 Å². The molecule has 2 aromatic heterocycles. The largest absolute Gasteiger partial charge is 0.462 e. The highest BCUT2D eigenvalue weighted by Crippen LogP contribution is 2.33. The predicted molar refractivity (Wildman–Crippen MR) is 131 cm³/mol. The number of carbonyl (C=O) groups excluding carboxylic acids is 2. The number of Topliss-reactive ketones (excluding diaryl/α,β-unsaturated/α-hetero) is 1. The number of carbonyl (C=O) groups is 2. The van der Waals surface area contributed by atoms with Crippen molar-refractivity contribution in [1.29, 1.82) is 10.5 Å². The van der Waals surface area contributed by atoms with E-state index in [1.165, 1.54) is 24.3 Å². The minimum Gasteiger partial charge on any atom is -0.462 e. The van der Waals surface area contributed by atoms with Gasteiger partial charge in [0.25, 0.3) is 5.69 Å². The quantitative estimate of drug-likeness (QED) is 0.112. The lowest BCUT2D eigenvalue weighted by Crippen LogP contribution is -2.05. The van der Waals surface area contributed by atoms with Crippen molar-refractivity contribution < 1.29 is 23.7 Å². The van der Waals surface area contributed by atoms with E-state index in [2.05, 4.69) is 15.9 Å². The van der Waals surface area contributed by atoms with Gasteiger partial charge in [-0.25, -0.2) is 4.79 Å². The van der Waals surface area contributed by atoms with E-state index in [9.17, 15) is 30.2 Å². The molecule has 3 aromatic rings. The van der Waals surface area contributed by atoms with Crippen molar-refractivity contribution in [3.05, 3.63) is 77.1 Å². The molecule has 0 radical (unpaired) electrons. The van der Waals surface area contributed by atoms with Crippen molar-refractivity contribution in [2.24, 2.45) is 0 Å². The molecule has 1 aromatic carbocycles. The Morgan fingerprint density at radius 3 is 2.63 bits per heavy atom. The highest BCUT2D eigenvalue weighted by Gasteiger charge is 2.23. The molecule has 0 aliphatic rings. The van der Waals surface area contributed by atoms with Crippen molar-refractivity contribution in [3.63, 3.8) is 0 Å². The van der Waals surface area contributed by atoms with Crippen molar-refractivity contribution >= 4 is 50.8 Å². The Balaban J connectivity index is 1.86. The van der Waals surface area contributed by atoms with Gasteiger partial charge in [0.2, 0.25) is 0 Å². The van der Waals surface area contributed by atoms with Crippen LogP contribution < -0.4 is 0 Å². The third-order valence-corrected chi connectivity index (χ3v) is 6.80. The summed E-state index contributed by atoms with van der Waals surface area (Å²) in [6.07, 6.45) is 1.04. The van der Waals surface area contributed by atoms with Gasteiger partial charge in [-0.2, -0.15) is 10.5 Å². The molecule has 0 saturated heterocycles. The normalized spacial score (nSPS) is 10.9. The van der Waals surface area contributed by atoms with E-state index in [1.54, 1.807) is 26.0 Å². The van der Waals surface area contributed by atoms with Crippen molar-refractivity contribution in [3.8, 4) is 23.5 Å². The van der Waals surface area contributed by atoms with Gasteiger partial charge in [-0.3, -0.25) is 14.9 Å². The third kappa shape index (κ3) is 5.54. The molecule has 0 aliphatic heterocycles. The first-order chi connectivity index (χ1) is 16.7. The van der Waals surface area contributed by atoms with Crippen LogP contribution in [0, 0.1) is 39.7 Å². The smallest absolute Gasteiger partial charge is 0.348 e. The standard InChI is InChI=1S/C24H16BrN3O6S/c1-3-33-24(30)23-13(2)18(12-27)22(35-23)10-20(29)14(11-26)8-16-5-7-21(34-16)17-6-4-15(28(31)32)9-19(17)25/h4-9H,3,10H2,1-2H3. The zero-order valence-electron chi connectivity index (χ0n) is 18.5. The van der Waals surface area contributed by atoms with E-state index in [0.29, 0.717) is 26.2 Å². The van der Waals surface area contributed by atoms with Crippen molar-refractivity contribution in [2.75, 3.05) is 6.61 Å². The molecular weight excluding hydrogens is 538 g/mol. The molecule has 0 saturated carbocycles. The van der Waals surface area contributed by atoms with Crippen LogP contribution in [0.2, 0.25) is 0 Å². The lowest BCUT2D eigenvalue weighted by molar-refractivity contribution is -0.384. The number of thiophene rings is 1. The van der Waals surface area contributed by atoms with Crippen LogP contribution in [0.15, 0.2) is 44.8 Å². The second kappa shape index (κ2) is 10.9. The van der Waals surface area contributed by atoms with E-state index >= 15 is 0 Å². The number of rotatable bonds is 8. The fraction of sp³-hybridized carbons (Fsp3) is 0.167. The average molecular weight is 554 g/mol. The SMILES string of the molecule is CCOC(=O)c1sc(CC(=O)C(C#N)=Cc2ccc(-c3ccc([N+](=O)[O-])cc3Br)o2)c(C#N)c1C. The van der Waals surface area contributed by atoms with Gasteiger partial charge in [-0.1, -0.05) is 0 Å². The van der Waals surface area contributed by atoms with Crippen LogP contribution in [0.5, 0.6) is 0 Å². The van der Waals surface area contributed by atoms with Gasteiger partial charge in [0.05, 0.1) is 22.7 Å². The molecule has 176 valence electrons. The molecule has 0 fully saturated rings. The highest BCUT2D eigenvalue weighted by molar-refractivity contribution is 9.10. The summed E-state index contributed by atoms with van der Waals surface area (Å²) < 4.78 is 11.2. The fourth-order valence-corrected chi connectivity index (χ4v) is 4.90. The number of nitrogens with zero attached hydrogens (tertiary/aromatic N) is 3. The molecule has 9 nitrogen and oxygen atoms in total. The van der Waals surface area contributed by atoms with E-state index in [1.807, 2.05) is 12.1 Å². The summed E-state index contributed by atoms with van der Waals surface area (Å²) in [4.78, 5) is 36.0. The zero-order valence-corrected chi connectivity index (χ0v) is 20.9. The van der Waals surface area contributed by atoms with Crippen LogP contribution in [0.25, 0.3) is 17.4 Å². The maximum Gasteiger partial charge on any atom is 0.348 e. The Morgan fingerprint density at radius 2 is 2.03 bits per heavy atom. The minimum atomic E-state index is -0.568. The lowest BCUT2D eigenvalue weighted by atomic mass is 10.0. The van der Waals surface area contributed by atoms with E-state index in [-0.39, 0.29) is 40.5 Å². The Kier molecular flexibility index (Phi) is 7.97. The second-order valence-corrected chi connectivity index (χ2v) is 9.04. The molecule has 35 heavy (non-hydrogen) atoms. The number of halogens is 1. The van der Waals surface area contributed by atoms with Gasteiger partial charge in [-0.05, 0) is 53.5 Å². The topological polar surface area (TPSA) is 147 Å². The van der Waals surface area contributed by atoms with Crippen LogP contribution in [-0.2, 0) is 16.0 Å². The number of hydrogen-bond acceptors (Lipinski definition) is 9. The summed E-state index contributed by atoms with van der Waals surface area (Å²) in [5.74, 6) is -0.510. The maximum atomic E-state index is 12.8. The highest BCUT2D eigenvalue weighted by atomic mass is 79.9. The molecule has 11 heteroatoms. The summed E-state index contributed by atoms with van der Waals surface area (Å²) in [6, 6.07) is 11.2. The maximum absolute atomic E-state index is 12.8. The van der Waals surface area contributed by atoms with Crippen LogP contribution in [-0.4, -0.2) is 23.3 Å². The van der Waals surface area contributed by atoms with Crippen LogP contribution in [0.3, 0.4) is 0 Å². The van der Waals surface area contributed by atoms with E-state index < -0.39 is 16.7 Å². The summed E-state index contributed by atoms with van der Waals surface area (Å²) >= 11 is 4.28. The van der Waals surface area contributed by atoms with Gasteiger partial charge >= 0.3 is 5.97 Å². The molecule has 3 rings (SSSR count). The Morgan fingerprint density at radius 1 is 1.29 bits per heavy atom. The number of ketones is 1. The van der Waals surface area contributed by atoms with Gasteiger partial charge in [0.15, 0.2) is 5.78 Å². The molecule has 0 amide bonds. The van der Waals surface area contributed by atoms with Gasteiger partial charge < -0.3 is 9.15 Å². The van der Waals surface area contributed by atoms with Crippen LogP contribution in [0.4, 0.5) is 5.69 Å². The number of benzene rings is 1. The molecule has 0 bridgehead atoms. The van der Waals surface area contributed by atoms with Crippen LogP contribution in [0.1, 0.15) is 38.4 Å². The summed E-state index contributed by atoms with van der Waals surface area (Å²) in [5, 5.41) is 30.0. The summed E-state index contributed by atoms with van der Waals surface area (Å²) in [6.45, 7) is 3.45. The molecule has 2 heterocycles. The van der Waals surface area contributed by atoms with Gasteiger partial charge in [-0.15, -0.1) is 11.3 Å². The molecule has 0 unspecified atom stereocenters. The molecular formula is C24H16BrN3O6S. The first kappa shape index (κ1) is 25.6. The number of furan rings is 1. The zero-order chi connectivity index (χ0) is 25.7. The fourth-order valence-electron chi connectivity index (χ4n) is 3.19. The average Bonchev–Trinajstić information content (AvgIpc) is 3.41. The number of non-ortho nitro benzene ring substituents is 1. The summed E-state index contributed by atoms with van der Waals surface area (Å²) in [5.41, 5.74) is 0.925. The number of ether oxygens (including phenoxy) is 1. The molecule has 0 atom stereocenters. The monoisotopic (exact) mass is 553 g/mol. The molecule has 0 spiro atoms. The van der Waals surface area contributed by atoms with E-state index in [4.69, 9.17) is 9.15 Å².